The van der Waals surface area contributed by atoms with Crippen molar-refractivity contribution in [1.29, 1.82) is 0 Å². The van der Waals surface area contributed by atoms with Gasteiger partial charge in [-0.1, -0.05) is 41.0 Å². The molecule has 0 aliphatic heterocycles. The van der Waals surface area contributed by atoms with Gasteiger partial charge in [-0.05, 0) is 80.8 Å². The molecule has 2 heterocycles. The molecule has 0 amide bonds. The summed E-state index contributed by atoms with van der Waals surface area (Å²) < 4.78 is 33.8. The first kappa shape index (κ1) is 29.4. The number of hydrogen-bond donors (Lipinski definition) is 1. The van der Waals surface area contributed by atoms with Gasteiger partial charge in [-0.15, -0.1) is 16.5 Å². The van der Waals surface area contributed by atoms with Crippen LogP contribution in [0.15, 0.2) is 52.7 Å². The smallest absolute Gasteiger partial charge is 0.357 e. The van der Waals surface area contributed by atoms with Crippen LogP contribution in [0, 0.1) is 29.5 Å². The van der Waals surface area contributed by atoms with E-state index >= 15 is 0 Å². The number of nitrogens with zero attached hydrogens (tertiary/aromatic N) is 3. The first-order valence-electron chi connectivity index (χ1n) is 14.8. The van der Waals surface area contributed by atoms with E-state index in [9.17, 15) is 13.4 Å². The van der Waals surface area contributed by atoms with Crippen LogP contribution in [0.3, 0.4) is 0 Å². The fraction of sp³-hybridized carbons (Fsp3) is 0.364. The van der Waals surface area contributed by atoms with Crippen molar-refractivity contribution in [3.63, 3.8) is 0 Å². The van der Waals surface area contributed by atoms with Gasteiger partial charge in [-0.3, -0.25) is 0 Å². The van der Waals surface area contributed by atoms with Gasteiger partial charge in [0.2, 0.25) is 5.13 Å². The lowest BCUT2D eigenvalue weighted by atomic mass is 9.96. The Labute approximate surface area is 257 Å². The van der Waals surface area contributed by atoms with Crippen molar-refractivity contribution >= 4 is 28.3 Å². The molecule has 0 spiro atoms. The number of nitrogens with two attached hydrogens (primary N) is 1. The minimum absolute atomic E-state index is 0.246. The Morgan fingerprint density at radius 3 is 2.63 bits per heavy atom. The highest BCUT2D eigenvalue weighted by molar-refractivity contribution is 7.82. The maximum Gasteiger partial charge on any atom is 0.357 e. The molecule has 2 N–H and O–H groups in total. The van der Waals surface area contributed by atoms with E-state index in [1.165, 1.54) is 30.2 Å². The zero-order valence-electron chi connectivity index (χ0n) is 24.0. The zero-order valence-corrected chi connectivity index (χ0v) is 25.7. The number of thiazole rings is 1. The van der Waals surface area contributed by atoms with Crippen molar-refractivity contribution in [3.8, 4) is 28.2 Å². The monoisotopic (exact) mass is 617 g/mol. The van der Waals surface area contributed by atoms with Crippen molar-refractivity contribution < 1.29 is 18.1 Å². The van der Waals surface area contributed by atoms with E-state index < -0.39 is 17.0 Å². The largest absolute Gasteiger partial charge is 0.461 e. The van der Waals surface area contributed by atoms with Crippen LogP contribution in [-0.4, -0.2) is 27.3 Å². The second-order valence-corrected chi connectivity index (χ2v) is 13.2. The number of aromatic nitrogens is 3. The Bertz CT molecular complexity index is 1720. The van der Waals surface area contributed by atoms with E-state index in [0.29, 0.717) is 33.8 Å². The molecule has 222 valence electrons. The Balaban J connectivity index is 1.47. The van der Waals surface area contributed by atoms with E-state index in [4.69, 9.17) is 15.0 Å². The minimum atomic E-state index is -1.93. The third kappa shape index (κ3) is 6.80. The molecule has 6 rings (SSSR count). The molecule has 2 aliphatic carbocycles. The number of rotatable bonds is 9. The number of thiol groups is 1. The number of esters is 1. The summed E-state index contributed by atoms with van der Waals surface area (Å²) >= 11 is 1.33. The molecule has 0 radical (unpaired) electrons. The van der Waals surface area contributed by atoms with Gasteiger partial charge in [0.05, 0.1) is 23.6 Å². The number of carbonyl (C=O) groups excluding carboxylic acids is 1. The lowest BCUT2D eigenvalue weighted by Crippen LogP contribution is -2.08. The van der Waals surface area contributed by atoms with Crippen molar-refractivity contribution in [3.05, 3.63) is 81.7 Å². The van der Waals surface area contributed by atoms with Gasteiger partial charge >= 0.3 is 5.97 Å². The lowest BCUT2D eigenvalue weighted by molar-refractivity contribution is 0.0520. The highest BCUT2D eigenvalue weighted by Gasteiger charge is 2.29. The zero-order chi connectivity index (χ0) is 29.9. The summed E-state index contributed by atoms with van der Waals surface area (Å²) in [7, 11) is -1.93. The molecule has 2 saturated carbocycles. The van der Waals surface area contributed by atoms with E-state index in [2.05, 4.69) is 16.8 Å². The summed E-state index contributed by atoms with van der Waals surface area (Å²) in [5.74, 6) is 6.43. The van der Waals surface area contributed by atoms with Gasteiger partial charge in [0.15, 0.2) is 21.6 Å². The van der Waals surface area contributed by atoms with Crippen LogP contribution in [-0.2, 0) is 32.8 Å². The molecule has 4 aromatic rings. The van der Waals surface area contributed by atoms with Crippen molar-refractivity contribution in [2.45, 2.75) is 63.2 Å². The van der Waals surface area contributed by atoms with Crippen molar-refractivity contribution in [2.75, 3.05) is 6.61 Å². The van der Waals surface area contributed by atoms with Gasteiger partial charge in [-0.25, -0.2) is 18.9 Å². The average molecular weight is 618 g/mol. The molecule has 0 saturated heterocycles. The molecular formula is C33H34FN4O3S2+. The maximum absolute atomic E-state index is 15.0. The third-order valence-corrected chi connectivity index (χ3v) is 9.63. The molecule has 2 aromatic carbocycles. The second-order valence-electron chi connectivity index (χ2n) is 11.2. The summed E-state index contributed by atoms with van der Waals surface area (Å²) in [4.78, 5) is 17.6. The number of hydrogen-bond acceptors (Lipinski definition) is 6. The Morgan fingerprint density at radius 1 is 1.16 bits per heavy atom. The van der Waals surface area contributed by atoms with E-state index in [0.717, 1.165) is 60.2 Å². The standard InChI is InChI=1S/C33H33FN4O3S2/c1-2-41-32(39)29-20-42-33(36-29)38-30(18-23-7-8-23)27(17-22-10-14-26(15-11-22)43(35)40)31(37-38)25-13-16-28(34)24(19-25)12-9-21-5-3-4-6-21/h10-11,13-16,19-21,23H,2-8,17-18H2,1H3,(H2,35,40)/p+1. The highest BCUT2D eigenvalue weighted by Crippen LogP contribution is 2.38. The maximum atomic E-state index is 15.0. The number of carbonyl (C=O) groups is 1. The summed E-state index contributed by atoms with van der Waals surface area (Å²) in [5.41, 5.74) is 5.13. The van der Waals surface area contributed by atoms with E-state index in [1.54, 1.807) is 36.6 Å². The number of benzene rings is 2. The fourth-order valence-corrected chi connectivity index (χ4v) is 6.72. The molecule has 2 aromatic heterocycles. The van der Waals surface area contributed by atoms with Crippen molar-refractivity contribution in [1.82, 2.24) is 14.8 Å². The first-order valence-corrected chi connectivity index (χ1v) is 17.0. The van der Waals surface area contributed by atoms with Gasteiger partial charge in [0, 0.05) is 28.8 Å². The highest BCUT2D eigenvalue weighted by atomic mass is 32.2. The van der Waals surface area contributed by atoms with Crippen LogP contribution in [0.4, 0.5) is 4.39 Å². The second kappa shape index (κ2) is 12.9. The molecule has 43 heavy (non-hydrogen) atoms. The van der Waals surface area contributed by atoms with Crippen LogP contribution >= 0.6 is 11.3 Å². The summed E-state index contributed by atoms with van der Waals surface area (Å²) in [6.07, 6.45) is 8.10. The van der Waals surface area contributed by atoms with Gasteiger partial charge in [-0.2, -0.15) is 5.10 Å². The number of ether oxygens (including phenoxy) is 1. The molecule has 7 nitrogen and oxygen atoms in total. The third-order valence-electron chi connectivity index (χ3n) is 8.00. The summed E-state index contributed by atoms with van der Waals surface area (Å²) in [6.45, 7) is 2.03. The topological polar surface area (TPSA) is 100 Å². The molecule has 1 unspecified atom stereocenters. The molecule has 0 bridgehead atoms. The summed E-state index contributed by atoms with van der Waals surface area (Å²) in [6, 6.07) is 12.5. The SMILES string of the molecule is CCOC(=O)c1csc(-n2nc(-c3ccc(F)c(C#CC4CCCC4)c3)c(Cc3ccc([SH+](N)=O)cc3)c2CC2CC2)n1. The molecule has 2 aliphatic rings. The Morgan fingerprint density at radius 2 is 1.93 bits per heavy atom. The average Bonchev–Trinajstić information content (AvgIpc) is 3.35. The molecule has 2 fully saturated rings. The predicted octanol–water partition coefficient (Wildman–Crippen LogP) is 6.33. The lowest BCUT2D eigenvalue weighted by Gasteiger charge is -2.09. The van der Waals surface area contributed by atoms with Crippen molar-refractivity contribution in [2.24, 2.45) is 17.0 Å². The van der Waals surface area contributed by atoms with E-state index in [1.807, 2.05) is 16.8 Å². The Hall–Kier alpha value is -3.65. The summed E-state index contributed by atoms with van der Waals surface area (Å²) in [5, 5.41) is 13.0. The number of halogens is 1. The van der Waals surface area contributed by atoms with Crippen LogP contribution in [0.2, 0.25) is 0 Å². The fourth-order valence-electron chi connectivity index (χ4n) is 5.51. The first-order chi connectivity index (χ1) is 20.9. The molecular weight excluding hydrogens is 584 g/mol. The van der Waals surface area contributed by atoms with Gasteiger partial charge in [0.25, 0.3) is 0 Å². The van der Waals surface area contributed by atoms with Gasteiger partial charge in [0.1, 0.15) is 5.82 Å². The molecule has 1 atom stereocenters. The van der Waals surface area contributed by atoms with Crippen LogP contribution < -0.4 is 5.14 Å². The minimum Gasteiger partial charge on any atom is -0.461 e. The normalized spacial score (nSPS) is 15.7. The van der Waals surface area contributed by atoms with Gasteiger partial charge < -0.3 is 4.74 Å². The predicted molar refractivity (Wildman–Crippen MR) is 167 cm³/mol. The van der Waals surface area contributed by atoms with E-state index in [-0.39, 0.29) is 18.1 Å². The quantitative estimate of drug-likeness (QED) is 0.102. The Kier molecular flexibility index (Phi) is 8.84. The van der Waals surface area contributed by atoms with Crippen LogP contribution in [0.25, 0.3) is 16.4 Å². The van der Waals surface area contributed by atoms with Crippen LogP contribution in [0.5, 0.6) is 0 Å². The van der Waals surface area contributed by atoms with Crippen LogP contribution in [0.1, 0.15) is 78.3 Å². The molecule has 10 heteroatoms.